The number of hydrogen-bond acceptors (Lipinski definition) is 4. The van der Waals surface area contributed by atoms with Gasteiger partial charge in [0.05, 0.1) is 21.6 Å². The highest BCUT2D eigenvalue weighted by molar-refractivity contribution is 6.33. The topological polar surface area (TPSA) is 76.6 Å². The predicted molar refractivity (Wildman–Crippen MR) is 94.8 cm³/mol. The van der Waals surface area contributed by atoms with Gasteiger partial charge in [-0.2, -0.15) is 0 Å². The Morgan fingerprint density at radius 1 is 1.24 bits per heavy atom. The second-order valence-corrected chi connectivity index (χ2v) is 6.11. The summed E-state index contributed by atoms with van der Waals surface area (Å²) in [5.41, 5.74) is 0.637. The first-order valence-corrected chi connectivity index (χ1v) is 7.96. The van der Waals surface area contributed by atoms with Crippen molar-refractivity contribution in [2.24, 2.45) is 0 Å². The summed E-state index contributed by atoms with van der Waals surface area (Å²) in [6.07, 6.45) is 0. The number of para-hydroxylation sites is 1. The molecule has 128 valence electrons. The maximum Gasteiger partial charge on any atom is 0.270 e. The molecule has 0 bridgehead atoms. The van der Waals surface area contributed by atoms with E-state index < -0.39 is 10.8 Å². The SMILES string of the molecule is CC(c1cc2ccccc2o1)N(C)C(=O)c1cc([N+](=O)[O-])ccc1Cl. The summed E-state index contributed by atoms with van der Waals surface area (Å²) in [6, 6.07) is 12.9. The predicted octanol–water partition coefficient (Wildman–Crippen LogP) is 4.83. The van der Waals surface area contributed by atoms with Crippen LogP contribution in [0.25, 0.3) is 11.0 Å². The van der Waals surface area contributed by atoms with Crippen LogP contribution in [0.3, 0.4) is 0 Å². The molecule has 2 aromatic carbocycles. The van der Waals surface area contributed by atoms with Crippen molar-refractivity contribution in [2.75, 3.05) is 7.05 Å². The number of amides is 1. The summed E-state index contributed by atoms with van der Waals surface area (Å²) in [5.74, 6) is 0.209. The summed E-state index contributed by atoms with van der Waals surface area (Å²) in [7, 11) is 1.61. The van der Waals surface area contributed by atoms with Gasteiger partial charge in [0.2, 0.25) is 0 Å². The van der Waals surface area contributed by atoms with Crippen molar-refractivity contribution in [1.82, 2.24) is 4.90 Å². The van der Waals surface area contributed by atoms with Gasteiger partial charge in [-0.05, 0) is 25.1 Å². The molecule has 0 fully saturated rings. The van der Waals surface area contributed by atoms with Gasteiger partial charge in [0.1, 0.15) is 11.3 Å². The van der Waals surface area contributed by atoms with E-state index in [1.165, 1.54) is 23.1 Å². The number of rotatable bonds is 4. The second kappa shape index (κ2) is 6.57. The van der Waals surface area contributed by atoms with E-state index >= 15 is 0 Å². The number of nitrogens with zero attached hydrogens (tertiary/aromatic N) is 2. The van der Waals surface area contributed by atoms with Crippen LogP contribution in [0.15, 0.2) is 52.9 Å². The van der Waals surface area contributed by atoms with Crippen LogP contribution in [0.4, 0.5) is 5.69 Å². The standard InChI is InChI=1S/C18H15ClN2O4/c1-11(17-9-12-5-3-4-6-16(12)25-17)20(2)18(22)14-10-13(21(23)24)7-8-15(14)19/h3-11H,1-2H3. The largest absolute Gasteiger partial charge is 0.459 e. The van der Waals surface area contributed by atoms with Crippen LogP contribution in [0.5, 0.6) is 0 Å². The minimum atomic E-state index is -0.560. The second-order valence-electron chi connectivity index (χ2n) is 5.70. The van der Waals surface area contributed by atoms with E-state index in [1.54, 1.807) is 7.05 Å². The molecular formula is C18H15ClN2O4. The van der Waals surface area contributed by atoms with Gasteiger partial charge in [-0.25, -0.2) is 0 Å². The van der Waals surface area contributed by atoms with E-state index in [0.717, 1.165) is 11.0 Å². The first-order valence-electron chi connectivity index (χ1n) is 7.58. The summed E-state index contributed by atoms with van der Waals surface area (Å²) in [5, 5.41) is 12.0. The van der Waals surface area contributed by atoms with Crippen LogP contribution < -0.4 is 0 Å². The van der Waals surface area contributed by atoms with E-state index in [-0.39, 0.29) is 22.3 Å². The number of benzene rings is 2. The third-order valence-corrected chi connectivity index (χ3v) is 4.48. The number of fused-ring (bicyclic) bond motifs is 1. The van der Waals surface area contributed by atoms with Crippen molar-refractivity contribution in [1.29, 1.82) is 0 Å². The summed E-state index contributed by atoms with van der Waals surface area (Å²) < 4.78 is 5.79. The van der Waals surface area contributed by atoms with Crippen LogP contribution in [-0.2, 0) is 0 Å². The average molecular weight is 359 g/mol. The number of nitro benzene ring substituents is 1. The molecule has 0 saturated carbocycles. The highest BCUT2D eigenvalue weighted by atomic mass is 35.5. The van der Waals surface area contributed by atoms with Crippen molar-refractivity contribution in [3.8, 4) is 0 Å². The normalized spacial score (nSPS) is 12.1. The molecule has 1 unspecified atom stereocenters. The molecule has 3 aromatic rings. The Kier molecular flexibility index (Phi) is 4.46. The molecule has 0 N–H and O–H groups in total. The van der Waals surface area contributed by atoms with Gasteiger partial charge < -0.3 is 9.32 Å². The Labute approximate surface area is 148 Å². The third kappa shape index (κ3) is 3.21. The van der Waals surface area contributed by atoms with Crippen molar-refractivity contribution in [3.05, 3.63) is 75.0 Å². The maximum atomic E-state index is 12.7. The van der Waals surface area contributed by atoms with Gasteiger partial charge in [-0.1, -0.05) is 29.8 Å². The number of furan rings is 1. The van der Waals surface area contributed by atoms with Crippen molar-refractivity contribution in [2.45, 2.75) is 13.0 Å². The molecule has 6 nitrogen and oxygen atoms in total. The number of halogens is 1. The van der Waals surface area contributed by atoms with E-state index in [1.807, 2.05) is 37.3 Å². The quantitative estimate of drug-likeness (QED) is 0.494. The van der Waals surface area contributed by atoms with Gasteiger partial charge in [0.25, 0.3) is 11.6 Å². The molecule has 0 aliphatic carbocycles. The fraction of sp³-hybridized carbons (Fsp3) is 0.167. The van der Waals surface area contributed by atoms with Gasteiger partial charge in [0.15, 0.2) is 0 Å². The Bertz CT molecular complexity index is 934. The van der Waals surface area contributed by atoms with Gasteiger partial charge in [-0.3, -0.25) is 14.9 Å². The molecule has 25 heavy (non-hydrogen) atoms. The Morgan fingerprint density at radius 3 is 2.64 bits per heavy atom. The van der Waals surface area contributed by atoms with Crippen molar-refractivity contribution < 1.29 is 14.1 Å². The number of carbonyl (C=O) groups is 1. The zero-order valence-corrected chi connectivity index (χ0v) is 14.4. The van der Waals surface area contributed by atoms with E-state index in [0.29, 0.717) is 5.76 Å². The summed E-state index contributed by atoms with van der Waals surface area (Å²) >= 11 is 6.06. The Balaban J connectivity index is 1.91. The number of hydrogen-bond donors (Lipinski definition) is 0. The number of carbonyl (C=O) groups excluding carboxylic acids is 1. The van der Waals surface area contributed by atoms with Gasteiger partial charge in [0, 0.05) is 24.6 Å². The molecule has 1 atom stereocenters. The van der Waals surface area contributed by atoms with Crippen molar-refractivity contribution in [3.63, 3.8) is 0 Å². The summed E-state index contributed by atoms with van der Waals surface area (Å²) in [6.45, 7) is 1.82. The minimum absolute atomic E-state index is 0.0846. The third-order valence-electron chi connectivity index (χ3n) is 4.15. The van der Waals surface area contributed by atoms with Gasteiger partial charge in [-0.15, -0.1) is 0 Å². The van der Waals surface area contributed by atoms with E-state index in [4.69, 9.17) is 16.0 Å². The molecule has 0 saturated heterocycles. The zero-order valence-electron chi connectivity index (χ0n) is 13.6. The Hall–Kier alpha value is -2.86. The van der Waals surface area contributed by atoms with Crippen LogP contribution in [-0.4, -0.2) is 22.8 Å². The number of non-ortho nitro benzene ring substituents is 1. The Morgan fingerprint density at radius 2 is 1.96 bits per heavy atom. The average Bonchev–Trinajstić information content (AvgIpc) is 3.04. The molecule has 0 spiro atoms. The lowest BCUT2D eigenvalue weighted by atomic mass is 10.1. The molecule has 7 heteroatoms. The van der Waals surface area contributed by atoms with Crippen LogP contribution in [0.2, 0.25) is 5.02 Å². The van der Waals surface area contributed by atoms with Crippen LogP contribution in [0.1, 0.15) is 29.1 Å². The highest BCUT2D eigenvalue weighted by Crippen LogP contribution is 2.29. The highest BCUT2D eigenvalue weighted by Gasteiger charge is 2.25. The molecule has 3 rings (SSSR count). The molecule has 0 radical (unpaired) electrons. The molecule has 0 aliphatic rings. The number of nitro groups is 1. The molecule has 0 aliphatic heterocycles. The van der Waals surface area contributed by atoms with E-state index in [9.17, 15) is 14.9 Å². The molecule has 1 amide bonds. The fourth-order valence-corrected chi connectivity index (χ4v) is 2.75. The smallest absolute Gasteiger partial charge is 0.270 e. The van der Waals surface area contributed by atoms with Crippen LogP contribution >= 0.6 is 11.6 Å². The zero-order chi connectivity index (χ0) is 18.1. The minimum Gasteiger partial charge on any atom is -0.459 e. The first kappa shape index (κ1) is 17.0. The first-order chi connectivity index (χ1) is 11.9. The lowest BCUT2D eigenvalue weighted by Gasteiger charge is -2.23. The summed E-state index contributed by atoms with van der Waals surface area (Å²) in [4.78, 5) is 24.6. The van der Waals surface area contributed by atoms with Crippen molar-refractivity contribution >= 4 is 34.2 Å². The lowest BCUT2D eigenvalue weighted by molar-refractivity contribution is -0.384. The van der Waals surface area contributed by atoms with Gasteiger partial charge >= 0.3 is 0 Å². The fourth-order valence-electron chi connectivity index (χ4n) is 2.56. The lowest BCUT2D eigenvalue weighted by Crippen LogP contribution is -2.29. The monoisotopic (exact) mass is 358 g/mol. The van der Waals surface area contributed by atoms with Crippen LogP contribution in [0, 0.1) is 10.1 Å². The molecule has 1 heterocycles. The van der Waals surface area contributed by atoms with E-state index in [2.05, 4.69) is 0 Å². The molecular weight excluding hydrogens is 344 g/mol. The molecule has 1 aromatic heterocycles. The maximum absolute atomic E-state index is 12.7.